The smallest absolute Gasteiger partial charge is 0.170 e. The maximum absolute atomic E-state index is 12.5. The zero-order chi connectivity index (χ0) is 13.9. The van der Waals surface area contributed by atoms with Crippen molar-refractivity contribution >= 4 is 28.4 Å². The second-order valence-corrected chi connectivity index (χ2v) is 6.21. The van der Waals surface area contributed by atoms with Gasteiger partial charge in [0.25, 0.3) is 0 Å². The Kier molecular flexibility index (Phi) is 4.17. The van der Waals surface area contributed by atoms with Crippen molar-refractivity contribution in [3.8, 4) is 0 Å². The van der Waals surface area contributed by atoms with Crippen LogP contribution in [-0.2, 0) is 22.4 Å². The first-order valence-electron chi connectivity index (χ1n) is 6.70. The van der Waals surface area contributed by atoms with Crippen LogP contribution in [0.15, 0.2) is 48.5 Å². The molecule has 0 radical (unpaired) electrons. The van der Waals surface area contributed by atoms with Gasteiger partial charge in [-0.3, -0.25) is 4.79 Å². The summed E-state index contributed by atoms with van der Waals surface area (Å²) in [7, 11) is 0. The standard InChI is InChI=1S/C17H15IO2/c18-14-7-5-12(6-8-14)11-16(19)17-15-4-2-1-3-13(15)9-10-20-17/h1-8,17H,9-11H2. The molecule has 1 unspecified atom stereocenters. The van der Waals surface area contributed by atoms with E-state index < -0.39 is 6.10 Å². The van der Waals surface area contributed by atoms with Gasteiger partial charge in [-0.05, 0) is 57.8 Å². The Balaban J connectivity index is 1.80. The van der Waals surface area contributed by atoms with E-state index in [0.29, 0.717) is 13.0 Å². The van der Waals surface area contributed by atoms with Gasteiger partial charge in [0.1, 0.15) is 6.10 Å². The Morgan fingerprint density at radius 1 is 1.15 bits per heavy atom. The van der Waals surface area contributed by atoms with Gasteiger partial charge in [-0.25, -0.2) is 0 Å². The van der Waals surface area contributed by atoms with Crippen LogP contribution < -0.4 is 0 Å². The molecule has 0 spiro atoms. The monoisotopic (exact) mass is 378 g/mol. The quantitative estimate of drug-likeness (QED) is 0.762. The molecule has 3 heteroatoms. The third-order valence-electron chi connectivity index (χ3n) is 3.58. The van der Waals surface area contributed by atoms with Crippen molar-refractivity contribution in [1.82, 2.24) is 0 Å². The molecule has 1 heterocycles. The van der Waals surface area contributed by atoms with E-state index in [-0.39, 0.29) is 5.78 Å². The number of hydrogen-bond donors (Lipinski definition) is 0. The normalized spacial score (nSPS) is 17.6. The van der Waals surface area contributed by atoms with Crippen molar-refractivity contribution in [2.45, 2.75) is 18.9 Å². The molecule has 0 aromatic heterocycles. The van der Waals surface area contributed by atoms with E-state index >= 15 is 0 Å². The first-order chi connectivity index (χ1) is 9.74. The first kappa shape index (κ1) is 13.8. The van der Waals surface area contributed by atoms with Crippen LogP contribution in [0.5, 0.6) is 0 Å². The molecule has 0 aliphatic carbocycles. The van der Waals surface area contributed by atoms with Gasteiger partial charge in [0.2, 0.25) is 0 Å². The number of carbonyl (C=O) groups is 1. The molecular formula is C17H15IO2. The second kappa shape index (κ2) is 6.06. The van der Waals surface area contributed by atoms with Crippen LogP contribution in [0.25, 0.3) is 0 Å². The van der Waals surface area contributed by atoms with Crippen molar-refractivity contribution in [1.29, 1.82) is 0 Å². The number of benzene rings is 2. The van der Waals surface area contributed by atoms with Gasteiger partial charge >= 0.3 is 0 Å². The molecule has 0 bridgehead atoms. The van der Waals surface area contributed by atoms with Crippen LogP contribution in [0, 0.1) is 3.57 Å². The van der Waals surface area contributed by atoms with E-state index in [2.05, 4.69) is 28.7 Å². The Hall–Kier alpha value is -1.20. The summed E-state index contributed by atoms with van der Waals surface area (Å²) in [6, 6.07) is 16.2. The molecule has 2 aromatic rings. The van der Waals surface area contributed by atoms with Crippen molar-refractivity contribution in [2.75, 3.05) is 6.61 Å². The average molecular weight is 378 g/mol. The number of rotatable bonds is 3. The van der Waals surface area contributed by atoms with Gasteiger partial charge in [-0.2, -0.15) is 0 Å². The number of hydrogen-bond acceptors (Lipinski definition) is 2. The van der Waals surface area contributed by atoms with E-state index in [1.807, 2.05) is 42.5 Å². The summed E-state index contributed by atoms with van der Waals surface area (Å²) in [6.07, 6.45) is 0.915. The zero-order valence-electron chi connectivity index (χ0n) is 11.0. The zero-order valence-corrected chi connectivity index (χ0v) is 13.2. The highest BCUT2D eigenvalue weighted by atomic mass is 127. The number of carbonyl (C=O) groups excluding carboxylic acids is 1. The average Bonchev–Trinajstić information content (AvgIpc) is 2.49. The highest BCUT2D eigenvalue weighted by Gasteiger charge is 2.26. The van der Waals surface area contributed by atoms with Crippen LogP contribution in [0.3, 0.4) is 0 Å². The molecule has 1 aliphatic rings. The van der Waals surface area contributed by atoms with Crippen molar-refractivity contribution in [3.05, 3.63) is 68.8 Å². The number of halogens is 1. The van der Waals surface area contributed by atoms with Crippen LogP contribution >= 0.6 is 22.6 Å². The lowest BCUT2D eigenvalue weighted by molar-refractivity contribution is -0.131. The van der Waals surface area contributed by atoms with Gasteiger partial charge < -0.3 is 4.74 Å². The Bertz CT molecular complexity index is 619. The topological polar surface area (TPSA) is 26.3 Å². The third-order valence-corrected chi connectivity index (χ3v) is 4.30. The van der Waals surface area contributed by atoms with Crippen LogP contribution in [0.2, 0.25) is 0 Å². The third kappa shape index (κ3) is 2.94. The Morgan fingerprint density at radius 3 is 2.70 bits per heavy atom. The SMILES string of the molecule is O=C(Cc1ccc(I)cc1)C1OCCc2ccccc21. The molecule has 1 aliphatic heterocycles. The summed E-state index contributed by atoms with van der Waals surface area (Å²) in [6.45, 7) is 0.625. The van der Waals surface area contributed by atoms with Crippen LogP contribution in [0.4, 0.5) is 0 Å². The van der Waals surface area contributed by atoms with E-state index in [1.54, 1.807) is 0 Å². The number of ether oxygens (including phenoxy) is 1. The number of fused-ring (bicyclic) bond motifs is 1. The fourth-order valence-corrected chi connectivity index (χ4v) is 2.92. The predicted molar refractivity (Wildman–Crippen MR) is 86.7 cm³/mol. The second-order valence-electron chi connectivity index (χ2n) is 4.97. The predicted octanol–water partition coefficient (Wildman–Crippen LogP) is 3.72. The summed E-state index contributed by atoms with van der Waals surface area (Å²) in [4.78, 5) is 12.5. The van der Waals surface area contributed by atoms with Crippen LogP contribution in [-0.4, -0.2) is 12.4 Å². The summed E-state index contributed by atoms with van der Waals surface area (Å²) >= 11 is 2.26. The van der Waals surface area contributed by atoms with Crippen LogP contribution in [0.1, 0.15) is 22.8 Å². The fourth-order valence-electron chi connectivity index (χ4n) is 2.56. The minimum Gasteiger partial charge on any atom is -0.365 e. The Morgan fingerprint density at radius 2 is 1.90 bits per heavy atom. The molecule has 2 nitrogen and oxygen atoms in total. The summed E-state index contributed by atoms with van der Waals surface area (Å²) in [5.41, 5.74) is 3.32. The lowest BCUT2D eigenvalue weighted by Gasteiger charge is -2.25. The molecular weight excluding hydrogens is 363 g/mol. The van der Waals surface area contributed by atoms with E-state index in [4.69, 9.17) is 4.74 Å². The molecule has 1 atom stereocenters. The molecule has 0 N–H and O–H groups in total. The van der Waals surface area contributed by atoms with Crippen molar-refractivity contribution in [3.63, 3.8) is 0 Å². The highest BCUT2D eigenvalue weighted by Crippen LogP contribution is 2.28. The minimum atomic E-state index is -0.403. The van der Waals surface area contributed by atoms with E-state index in [9.17, 15) is 4.79 Å². The van der Waals surface area contributed by atoms with Gasteiger partial charge in [-0.15, -0.1) is 0 Å². The maximum atomic E-state index is 12.5. The van der Waals surface area contributed by atoms with E-state index in [1.165, 1.54) is 9.13 Å². The maximum Gasteiger partial charge on any atom is 0.170 e. The van der Waals surface area contributed by atoms with Gasteiger partial charge in [0.05, 0.1) is 6.61 Å². The van der Waals surface area contributed by atoms with Crippen molar-refractivity contribution in [2.24, 2.45) is 0 Å². The van der Waals surface area contributed by atoms with E-state index in [0.717, 1.165) is 17.5 Å². The summed E-state index contributed by atoms with van der Waals surface area (Å²) in [5, 5.41) is 0. The van der Waals surface area contributed by atoms with Gasteiger partial charge in [0.15, 0.2) is 5.78 Å². The molecule has 0 saturated heterocycles. The Labute approximate surface area is 132 Å². The lowest BCUT2D eigenvalue weighted by atomic mass is 9.93. The largest absolute Gasteiger partial charge is 0.365 e. The minimum absolute atomic E-state index is 0.137. The molecule has 102 valence electrons. The number of Topliss-reactive ketones (excluding diaryl/α,β-unsaturated/α-hetero) is 1. The fraction of sp³-hybridized carbons (Fsp3) is 0.235. The first-order valence-corrected chi connectivity index (χ1v) is 7.78. The molecule has 20 heavy (non-hydrogen) atoms. The lowest BCUT2D eigenvalue weighted by Crippen LogP contribution is -2.24. The van der Waals surface area contributed by atoms with Gasteiger partial charge in [0, 0.05) is 9.99 Å². The molecule has 0 saturated carbocycles. The molecule has 3 rings (SSSR count). The number of ketones is 1. The molecule has 0 amide bonds. The summed E-state index contributed by atoms with van der Waals surface area (Å²) < 4.78 is 6.89. The highest BCUT2D eigenvalue weighted by molar-refractivity contribution is 14.1. The molecule has 0 fully saturated rings. The molecule has 2 aromatic carbocycles. The van der Waals surface area contributed by atoms with Gasteiger partial charge in [-0.1, -0.05) is 36.4 Å². The summed E-state index contributed by atoms with van der Waals surface area (Å²) in [5.74, 6) is 0.137. The van der Waals surface area contributed by atoms with Crippen molar-refractivity contribution < 1.29 is 9.53 Å².